The number of aliphatic hydroxyl groups is 1. The zero-order valence-electron chi connectivity index (χ0n) is 12.0. The van der Waals surface area contributed by atoms with E-state index in [0.29, 0.717) is 31.7 Å². The summed E-state index contributed by atoms with van der Waals surface area (Å²) >= 11 is 1.57. The zero-order valence-corrected chi connectivity index (χ0v) is 13.7. The second kappa shape index (κ2) is 8.21. The monoisotopic (exact) mass is 324 g/mol. The summed E-state index contributed by atoms with van der Waals surface area (Å²) < 4.78 is 25.8. The van der Waals surface area contributed by atoms with Crippen LogP contribution in [0.25, 0.3) is 0 Å². The molecule has 0 aromatic rings. The summed E-state index contributed by atoms with van der Waals surface area (Å²) in [5.74, 6) is 0.437. The van der Waals surface area contributed by atoms with Gasteiger partial charge in [-0.05, 0) is 38.2 Å². The maximum Gasteiger partial charge on any atom is 0.240 e. The molecule has 1 unspecified atom stereocenters. The molecule has 0 bridgehead atoms. The molecular formula is C12H24N2O4S2. The highest BCUT2D eigenvalue weighted by molar-refractivity contribution is 7.98. The molecule has 0 aromatic heterocycles. The molecule has 2 atom stereocenters. The molecule has 6 nitrogen and oxygen atoms in total. The Hall–Kier alpha value is -0.310. The summed E-state index contributed by atoms with van der Waals surface area (Å²) in [7, 11) is -3.42. The third kappa shape index (κ3) is 5.59. The Labute approximate surface area is 125 Å². The zero-order chi connectivity index (χ0) is 15.2. The third-order valence-electron chi connectivity index (χ3n) is 3.32. The van der Waals surface area contributed by atoms with Crippen LogP contribution in [-0.2, 0) is 14.8 Å². The van der Waals surface area contributed by atoms with E-state index in [9.17, 15) is 18.3 Å². The molecule has 118 valence electrons. The van der Waals surface area contributed by atoms with Crippen molar-refractivity contribution >= 4 is 27.7 Å². The normalized spacial score (nSPS) is 21.8. The predicted molar refractivity (Wildman–Crippen MR) is 81.2 cm³/mol. The van der Waals surface area contributed by atoms with Crippen molar-refractivity contribution in [3.05, 3.63) is 0 Å². The summed E-state index contributed by atoms with van der Waals surface area (Å²) in [5.41, 5.74) is 0. The lowest BCUT2D eigenvalue weighted by Crippen LogP contribution is -2.52. The van der Waals surface area contributed by atoms with Crippen LogP contribution in [0.15, 0.2) is 0 Å². The van der Waals surface area contributed by atoms with E-state index >= 15 is 0 Å². The molecule has 1 rings (SSSR count). The number of sulfonamides is 1. The highest BCUT2D eigenvalue weighted by Gasteiger charge is 2.30. The molecule has 2 N–H and O–H groups in total. The van der Waals surface area contributed by atoms with E-state index in [1.165, 1.54) is 0 Å². The maximum atomic E-state index is 12.4. The van der Waals surface area contributed by atoms with Crippen molar-refractivity contribution in [3.8, 4) is 0 Å². The van der Waals surface area contributed by atoms with Gasteiger partial charge >= 0.3 is 0 Å². The first-order valence-electron chi connectivity index (χ1n) is 6.85. The van der Waals surface area contributed by atoms with Crippen molar-refractivity contribution in [1.29, 1.82) is 0 Å². The molecular weight excluding hydrogens is 300 g/mol. The molecule has 1 saturated heterocycles. The van der Waals surface area contributed by atoms with Gasteiger partial charge in [-0.25, -0.2) is 13.1 Å². The van der Waals surface area contributed by atoms with Gasteiger partial charge in [0.05, 0.1) is 11.9 Å². The van der Waals surface area contributed by atoms with E-state index in [4.69, 9.17) is 0 Å². The number of hydrogen-bond donors (Lipinski definition) is 2. The van der Waals surface area contributed by atoms with Gasteiger partial charge in [0, 0.05) is 13.1 Å². The van der Waals surface area contributed by atoms with Gasteiger partial charge in [0.15, 0.2) is 0 Å². The first-order chi connectivity index (χ1) is 9.39. The average Bonchev–Trinajstić information content (AvgIpc) is 2.42. The number of nitrogens with one attached hydrogen (secondary N) is 1. The van der Waals surface area contributed by atoms with E-state index in [-0.39, 0.29) is 11.7 Å². The summed E-state index contributed by atoms with van der Waals surface area (Å²) in [5, 5.41) is 9.63. The third-order valence-corrected chi connectivity index (χ3v) is 5.37. The molecule has 0 aromatic carbocycles. The largest absolute Gasteiger partial charge is 0.391 e. The van der Waals surface area contributed by atoms with Crippen LogP contribution in [0.1, 0.15) is 26.2 Å². The number of thioether (sulfide) groups is 1. The Balaban J connectivity index is 2.73. The van der Waals surface area contributed by atoms with E-state index in [1.54, 1.807) is 23.6 Å². The van der Waals surface area contributed by atoms with E-state index in [1.807, 2.05) is 6.26 Å². The van der Waals surface area contributed by atoms with Crippen molar-refractivity contribution in [2.75, 3.05) is 30.9 Å². The minimum atomic E-state index is -3.42. The van der Waals surface area contributed by atoms with Crippen molar-refractivity contribution in [3.63, 3.8) is 0 Å². The Morgan fingerprint density at radius 1 is 1.55 bits per heavy atom. The molecule has 1 heterocycles. The molecule has 0 spiro atoms. The van der Waals surface area contributed by atoms with Gasteiger partial charge in [0.2, 0.25) is 15.9 Å². The first kappa shape index (κ1) is 17.7. The number of carbonyl (C=O) groups is 1. The van der Waals surface area contributed by atoms with Gasteiger partial charge in [0.1, 0.15) is 6.04 Å². The van der Waals surface area contributed by atoms with Crippen molar-refractivity contribution < 1.29 is 18.3 Å². The van der Waals surface area contributed by atoms with Crippen LogP contribution in [0, 0.1) is 0 Å². The van der Waals surface area contributed by atoms with Crippen LogP contribution in [0.4, 0.5) is 0 Å². The molecule has 0 radical (unpaired) electrons. The smallest absolute Gasteiger partial charge is 0.240 e. The quantitative estimate of drug-likeness (QED) is 0.690. The number of carbonyl (C=O) groups excluding carboxylic acids is 1. The van der Waals surface area contributed by atoms with Crippen LogP contribution in [0.5, 0.6) is 0 Å². The number of rotatable bonds is 7. The number of nitrogens with zero attached hydrogens (tertiary/aromatic N) is 1. The predicted octanol–water partition coefficient (Wildman–Crippen LogP) is 0.0307. The first-order valence-corrected chi connectivity index (χ1v) is 9.90. The van der Waals surface area contributed by atoms with Crippen molar-refractivity contribution in [2.24, 2.45) is 0 Å². The lowest BCUT2D eigenvalue weighted by molar-refractivity contribution is -0.136. The van der Waals surface area contributed by atoms with Crippen LogP contribution < -0.4 is 4.72 Å². The van der Waals surface area contributed by atoms with Crippen LogP contribution in [0.3, 0.4) is 0 Å². The summed E-state index contributed by atoms with van der Waals surface area (Å²) in [6.07, 6.45) is 3.33. The summed E-state index contributed by atoms with van der Waals surface area (Å²) in [4.78, 5) is 14.0. The van der Waals surface area contributed by atoms with Gasteiger partial charge < -0.3 is 10.0 Å². The molecule has 1 fully saturated rings. The standard InChI is InChI=1S/C12H24N2O4S2/c1-3-20(17,18)13-11(6-8-19-2)12(16)14-7-4-5-10(15)9-14/h10-11,13,15H,3-9H2,1-2H3/t10-,11?/m0/s1. The number of β-amino-alcohol motifs (C(OH)–C–C–N with tert-alkyl or cyclic N) is 1. The van der Waals surface area contributed by atoms with Gasteiger partial charge in [-0.2, -0.15) is 11.8 Å². The Bertz CT molecular complexity index is 414. The molecule has 1 aliphatic heterocycles. The topological polar surface area (TPSA) is 86.7 Å². The number of piperidine rings is 1. The SMILES string of the molecule is CCS(=O)(=O)NC(CCSC)C(=O)N1CCC[C@H](O)C1. The highest BCUT2D eigenvalue weighted by atomic mass is 32.2. The number of hydrogen-bond acceptors (Lipinski definition) is 5. The lowest BCUT2D eigenvalue weighted by atomic mass is 10.1. The van der Waals surface area contributed by atoms with Gasteiger partial charge in [-0.3, -0.25) is 4.79 Å². The number of amides is 1. The molecule has 0 saturated carbocycles. The summed E-state index contributed by atoms with van der Waals surface area (Å²) in [6.45, 7) is 2.42. The molecule has 0 aliphatic carbocycles. The highest BCUT2D eigenvalue weighted by Crippen LogP contribution is 2.13. The van der Waals surface area contributed by atoms with Crippen LogP contribution >= 0.6 is 11.8 Å². The van der Waals surface area contributed by atoms with E-state index in [2.05, 4.69) is 4.72 Å². The van der Waals surface area contributed by atoms with Crippen molar-refractivity contribution in [2.45, 2.75) is 38.3 Å². The Morgan fingerprint density at radius 2 is 2.25 bits per heavy atom. The lowest BCUT2D eigenvalue weighted by Gasteiger charge is -2.33. The Morgan fingerprint density at radius 3 is 2.80 bits per heavy atom. The Kier molecular flexibility index (Phi) is 7.28. The maximum absolute atomic E-state index is 12.4. The second-order valence-corrected chi connectivity index (χ2v) is 7.96. The van der Waals surface area contributed by atoms with E-state index in [0.717, 1.165) is 6.42 Å². The fraction of sp³-hybridized carbons (Fsp3) is 0.917. The minimum Gasteiger partial charge on any atom is -0.391 e. The molecule has 1 amide bonds. The fourth-order valence-corrected chi connectivity index (χ4v) is 3.43. The van der Waals surface area contributed by atoms with Crippen LogP contribution in [-0.4, -0.2) is 67.3 Å². The molecule has 1 aliphatic rings. The van der Waals surface area contributed by atoms with Gasteiger partial charge in [-0.15, -0.1) is 0 Å². The van der Waals surface area contributed by atoms with E-state index < -0.39 is 22.2 Å². The number of likely N-dealkylation sites (tertiary alicyclic amines) is 1. The second-order valence-electron chi connectivity index (χ2n) is 4.94. The van der Waals surface area contributed by atoms with Gasteiger partial charge in [0.25, 0.3) is 0 Å². The fourth-order valence-electron chi connectivity index (χ4n) is 2.14. The summed E-state index contributed by atoms with van der Waals surface area (Å²) in [6, 6.07) is -0.724. The van der Waals surface area contributed by atoms with Crippen molar-refractivity contribution in [1.82, 2.24) is 9.62 Å². The molecule has 20 heavy (non-hydrogen) atoms. The van der Waals surface area contributed by atoms with Gasteiger partial charge in [-0.1, -0.05) is 0 Å². The minimum absolute atomic E-state index is 0.0430. The van der Waals surface area contributed by atoms with Crippen LogP contribution in [0.2, 0.25) is 0 Å². The number of aliphatic hydroxyl groups excluding tert-OH is 1. The molecule has 8 heteroatoms. The average molecular weight is 324 g/mol.